The molecule has 0 aromatic heterocycles. The van der Waals surface area contributed by atoms with Crippen molar-refractivity contribution in [2.24, 2.45) is 0 Å². The number of aliphatic hydroxyl groups is 2. The van der Waals surface area contributed by atoms with Gasteiger partial charge in [0.15, 0.2) is 5.79 Å². The zero-order valence-corrected chi connectivity index (χ0v) is 12.9. The topological polar surface area (TPSA) is 68.2 Å². The zero-order valence-electron chi connectivity index (χ0n) is 12.9. The molecule has 0 fully saturated rings. The third kappa shape index (κ3) is 11.3. The smallest absolute Gasteiger partial charge is 0.162 e. The van der Waals surface area contributed by atoms with Crippen LogP contribution in [0, 0.1) is 0 Å². The molecule has 5 heteroatoms. The van der Waals surface area contributed by atoms with E-state index in [9.17, 15) is 5.11 Å². The van der Waals surface area contributed by atoms with Gasteiger partial charge in [0.25, 0.3) is 0 Å². The van der Waals surface area contributed by atoms with Crippen LogP contribution >= 0.6 is 0 Å². The Balaban J connectivity index is 4.05. The minimum absolute atomic E-state index is 0.00179. The van der Waals surface area contributed by atoms with Gasteiger partial charge in [-0.15, -0.1) is 0 Å². The summed E-state index contributed by atoms with van der Waals surface area (Å²) in [5, 5.41) is 18.5. The quantitative estimate of drug-likeness (QED) is 0.595. The Kier molecular flexibility index (Phi) is 8.78. The number of hydrogen-bond acceptors (Lipinski definition) is 5. The van der Waals surface area contributed by atoms with E-state index >= 15 is 0 Å². The molecule has 0 aliphatic heterocycles. The summed E-state index contributed by atoms with van der Waals surface area (Å²) in [4.78, 5) is 0. The Bertz CT molecular complexity index is 222. The molecule has 0 heterocycles. The van der Waals surface area contributed by atoms with E-state index in [1.807, 2.05) is 20.8 Å². The number of methoxy groups -OCH3 is 1. The van der Waals surface area contributed by atoms with Crippen molar-refractivity contribution >= 4 is 0 Å². The molecule has 2 atom stereocenters. The molecule has 5 nitrogen and oxygen atoms in total. The highest BCUT2D eigenvalue weighted by atomic mass is 16.6. The van der Waals surface area contributed by atoms with Crippen molar-refractivity contribution in [3.05, 3.63) is 0 Å². The van der Waals surface area contributed by atoms with Gasteiger partial charge in [0.2, 0.25) is 0 Å². The van der Waals surface area contributed by atoms with Gasteiger partial charge in [-0.05, 0) is 40.5 Å². The highest BCUT2D eigenvalue weighted by Gasteiger charge is 2.21. The fourth-order valence-electron chi connectivity index (χ4n) is 1.54. The van der Waals surface area contributed by atoms with E-state index in [1.54, 1.807) is 6.92 Å². The van der Waals surface area contributed by atoms with Gasteiger partial charge < -0.3 is 24.4 Å². The lowest BCUT2D eigenvalue weighted by Crippen LogP contribution is -2.30. The lowest BCUT2D eigenvalue weighted by molar-refractivity contribution is -0.177. The lowest BCUT2D eigenvalue weighted by Gasteiger charge is -2.26. The van der Waals surface area contributed by atoms with Crippen LogP contribution in [0.4, 0.5) is 0 Å². The maximum atomic E-state index is 9.74. The predicted molar refractivity (Wildman–Crippen MR) is 74.0 cm³/mol. The summed E-state index contributed by atoms with van der Waals surface area (Å²) in [6, 6.07) is 0. The second-order valence-electron chi connectivity index (χ2n) is 5.91. The lowest BCUT2D eigenvalue weighted by atomic mass is 10.1. The van der Waals surface area contributed by atoms with Gasteiger partial charge in [-0.1, -0.05) is 0 Å². The van der Waals surface area contributed by atoms with E-state index in [1.165, 1.54) is 7.11 Å². The van der Waals surface area contributed by atoms with Crippen molar-refractivity contribution in [3.8, 4) is 0 Å². The summed E-state index contributed by atoms with van der Waals surface area (Å²) in [6.45, 7) is 8.41. The highest BCUT2D eigenvalue weighted by Crippen LogP contribution is 2.17. The third-order valence-electron chi connectivity index (χ3n) is 2.75. The standard InChI is InChI=1S/C14H30O5/c1-13(2,3)19-11-12(18-10-9-15)7-6-8-14(4,16)17-5/h12,15-16H,6-11H2,1-5H3. The van der Waals surface area contributed by atoms with Gasteiger partial charge >= 0.3 is 0 Å². The van der Waals surface area contributed by atoms with Crippen LogP contribution in [0.1, 0.15) is 47.0 Å². The van der Waals surface area contributed by atoms with E-state index < -0.39 is 5.79 Å². The van der Waals surface area contributed by atoms with Crippen LogP contribution in [0.2, 0.25) is 0 Å². The second kappa shape index (κ2) is 8.87. The van der Waals surface area contributed by atoms with Crippen LogP contribution < -0.4 is 0 Å². The van der Waals surface area contributed by atoms with Crippen LogP contribution in [-0.2, 0) is 14.2 Å². The fourth-order valence-corrected chi connectivity index (χ4v) is 1.54. The molecule has 0 spiro atoms. The highest BCUT2D eigenvalue weighted by molar-refractivity contribution is 4.66. The van der Waals surface area contributed by atoms with Gasteiger partial charge in [0.1, 0.15) is 0 Å². The van der Waals surface area contributed by atoms with Crippen LogP contribution in [0.15, 0.2) is 0 Å². The maximum absolute atomic E-state index is 9.74. The van der Waals surface area contributed by atoms with Crippen LogP contribution in [0.25, 0.3) is 0 Å². The third-order valence-corrected chi connectivity index (χ3v) is 2.75. The van der Waals surface area contributed by atoms with Crippen molar-refractivity contribution in [2.75, 3.05) is 26.9 Å². The van der Waals surface area contributed by atoms with E-state index in [2.05, 4.69) is 0 Å². The van der Waals surface area contributed by atoms with E-state index in [0.29, 0.717) is 19.6 Å². The fraction of sp³-hybridized carbons (Fsp3) is 1.00. The average molecular weight is 278 g/mol. The van der Waals surface area contributed by atoms with Crippen molar-refractivity contribution in [3.63, 3.8) is 0 Å². The number of hydrogen-bond donors (Lipinski definition) is 2. The van der Waals surface area contributed by atoms with Crippen molar-refractivity contribution < 1.29 is 24.4 Å². The summed E-state index contributed by atoms with van der Waals surface area (Å²) < 4.78 is 16.2. The first-order valence-electron chi connectivity index (χ1n) is 6.84. The summed E-state index contributed by atoms with van der Waals surface area (Å²) in [5.74, 6) is -1.09. The summed E-state index contributed by atoms with van der Waals surface area (Å²) in [6.07, 6.45) is 2.00. The molecule has 0 aromatic rings. The monoisotopic (exact) mass is 278 g/mol. The number of rotatable bonds is 10. The molecule has 0 aromatic carbocycles. The number of ether oxygens (including phenoxy) is 3. The molecule has 0 aliphatic rings. The summed E-state index contributed by atoms with van der Waals surface area (Å²) in [7, 11) is 1.49. The minimum atomic E-state index is -1.09. The van der Waals surface area contributed by atoms with E-state index in [-0.39, 0.29) is 18.3 Å². The van der Waals surface area contributed by atoms with Crippen molar-refractivity contribution in [1.82, 2.24) is 0 Å². The Labute approximate surface area is 116 Å². The molecule has 2 N–H and O–H groups in total. The summed E-state index contributed by atoms with van der Waals surface area (Å²) >= 11 is 0. The van der Waals surface area contributed by atoms with Crippen molar-refractivity contribution in [1.29, 1.82) is 0 Å². The Morgan fingerprint density at radius 2 is 1.79 bits per heavy atom. The zero-order chi connectivity index (χ0) is 14.9. The molecule has 19 heavy (non-hydrogen) atoms. The van der Waals surface area contributed by atoms with Crippen LogP contribution in [0.5, 0.6) is 0 Å². The van der Waals surface area contributed by atoms with E-state index in [0.717, 1.165) is 12.8 Å². The Morgan fingerprint density at radius 3 is 2.26 bits per heavy atom. The maximum Gasteiger partial charge on any atom is 0.162 e. The predicted octanol–water partition coefficient (Wildman–Crippen LogP) is 1.70. The molecule has 0 saturated heterocycles. The minimum Gasteiger partial charge on any atom is -0.394 e. The molecule has 0 aliphatic carbocycles. The second-order valence-corrected chi connectivity index (χ2v) is 5.91. The van der Waals surface area contributed by atoms with Crippen molar-refractivity contribution in [2.45, 2.75) is 64.4 Å². The summed E-state index contributed by atoms with van der Waals surface area (Å²) in [5.41, 5.74) is -0.209. The van der Waals surface area contributed by atoms with Gasteiger partial charge in [0, 0.05) is 13.5 Å². The Morgan fingerprint density at radius 1 is 1.16 bits per heavy atom. The van der Waals surface area contributed by atoms with Crippen LogP contribution in [0.3, 0.4) is 0 Å². The Hall–Kier alpha value is -0.200. The average Bonchev–Trinajstić information content (AvgIpc) is 2.30. The molecule has 0 bridgehead atoms. The molecular formula is C14H30O5. The molecule has 0 saturated carbocycles. The van der Waals surface area contributed by atoms with Gasteiger partial charge in [-0.3, -0.25) is 0 Å². The van der Waals surface area contributed by atoms with Gasteiger partial charge in [-0.25, -0.2) is 0 Å². The molecule has 0 amide bonds. The largest absolute Gasteiger partial charge is 0.394 e. The normalized spacial score (nSPS) is 17.2. The molecule has 2 unspecified atom stereocenters. The van der Waals surface area contributed by atoms with Crippen LogP contribution in [-0.4, -0.2) is 54.6 Å². The first-order valence-corrected chi connectivity index (χ1v) is 6.84. The van der Waals surface area contributed by atoms with Gasteiger partial charge in [-0.2, -0.15) is 0 Å². The first-order chi connectivity index (χ1) is 8.70. The number of aliphatic hydroxyl groups excluding tert-OH is 1. The molecular weight excluding hydrogens is 248 g/mol. The molecule has 0 radical (unpaired) electrons. The van der Waals surface area contributed by atoms with E-state index in [4.69, 9.17) is 19.3 Å². The molecule has 116 valence electrons. The first kappa shape index (κ1) is 18.8. The van der Waals surface area contributed by atoms with Gasteiger partial charge in [0.05, 0.1) is 31.5 Å². The SMILES string of the molecule is COC(C)(O)CCCC(COC(C)(C)C)OCCO. The molecule has 0 rings (SSSR count).